The van der Waals surface area contributed by atoms with Crippen molar-refractivity contribution in [2.75, 3.05) is 0 Å². The number of halogens is 1. The van der Waals surface area contributed by atoms with E-state index in [9.17, 15) is 4.79 Å². The Kier molecular flexibility index (Phi) is 5.07. The lowest BCUT2D eigenvalue weighted by atomic mass is 10.1. The van der Waals surface area contributed by atoms with Crippen molar-refractivity contribution in [2.45, 2.75) is 26.2 Å². The van der Waals surface area contributed by atoms with Crippen LogP contribution >= 0.6 is 15.9 Å². The number of hydrogen-bond acceptors (Lipinski definition) is 1. The molecular weight excluding hydrogens is 268 g/mol. The Morgan fingerprint density at radius 1 is 1.50 bits per heavy atom. The van der Waals surface area contributed by atoms with Gasteiger partial charge >= 0.3 is 5.97 Å². The molecule has 1 aromatic rings. The van der Waals surface area contributed by atoms with Gasteiger partial charge in [-0.25, -0.2) is 4.79 Å². The lowest BCUT2D eigenvalue weighted by Crippen LogP contribution is -1.96. The normalized spacial score (nSPS) is 9.38. The van der Waals surface area contributed by atoms with Gasteiger partial charge in [-0.05, 0) is 40.5 Å². The highest BCUT2D eigenvalue weighted by molar-refractivity contribution is 9.10. The number of carbonyl (C=O) groups is 1. The fourth-order valence-electron chi connectivity index (χ4n) is 1.18. The summed E-state index contributed by atoms with van der Waals surface area (Å²) in [5, 5.41) is 8.85. The van der Waals surface area contributed by atoms with E-state index in [4.69, 9.17) is 5.11 Å². The molecule has 0 fully saturated rings. The molecule has 0 amide bonds. The van der Waals surface area contributed by atoms with Crippen molar-refractivity contribution in [1.82, 2.24) is 0 Å². The molecule has 0 radical (unpaired) electrons. The van der Waals surface area contributed by atoms with Gasteiger partial charge in [-0.2, -0.15) is 0 Å². The fraction of sp³-hybridized carbons (Fsp3) is 0.308. The molecule has 0 spiro atoms. The molecule has 1 N–H and O–H groups in total. The third-order valence-corrected chi connectivity index (χ3v) is 2.78. The van der Waals surface area contributed by atoms with Gasteiger partial charge in [0.1, 0.15) is 0 Å². The standard InChI is InChI=1S/C13H13BrO2/c1-2-3-4-5-6-10-9-11(13(15)16)7-8-12(10)14/h7-9H,2-4H2,1H3,(H,15,16). The molecule has 0 aromatic heterocycles. The molecule has 16 heavy (non-hydrogen) atoms. The molecule has 0 bridgehead atoms. The first kappa shape index (κ1) is 12.8. The van der Waals surface area contributed by atoms with Crippen LogP contribution < -0.4 is 0 Å². The Morgan fingerprint density at radius 3 is 2.88 bits per heavy atom. The van der Waals surface area contributed by atoms with E-state index < -0.39 is 5.97 Å². The molecule has 0 saturated heterocycles. The molecule has 0 saturated carbocycles. The topological polar surface area (TPSA) is 37.3 Å². The molecule has 0 aliphatic carbocycles. The summed E-state index contributed by atoms with van der Waals surface area (Å²) in [5.74, 6) is 5.09. The van der Waals surface area contributed by atoms with Crippen LogP contribution in [0.3, 0.4) is 0 Å². The van der Waals surface area contributed by atoms with E-state index in [0.717, 1.165) is 29.3 Å². The lowest BCUT2D eigenvalue weighted by Gasteiger charge is -1.98. The lowest BCUT2D eigenvalue weighted by molar-refractivity contribution is 0.0697. The van der Waals surface area contributed by atoms with Crippen LogP contribution in [0.5, 0.6) is 0 Å². The number of aromatic carboxylic acids is 1. The first-order valence-corrected chi connectivity index (χ1v) is 5.96. The second-order valence-electron chi connectivity index (χ2n) is 3.41. The molecule has 84 valence electrons. The Bertz CT molecular complexity index is 441. The maximum atomic E-state index is 10.8. The van der Waals surface area contributed by atoms with E-state index in [1.54, 1.807) is 18.2 Å². The molecule has 1 rings (SSSR count). The van der Waals surface area contributed by atoms with Crippen LogP contribution in [0.4, 0.5) is 0 Å². The zero-order chi connectivity index (χ0) is 12.0. The molecular formula is C13H13BrO2. The number of benzene rings is 1. The Balaban J connectivity index is 2.88. The van der Waals surface area contributed by atoms with Gasteiger partial charge < -0.3 is 5.11 Å². The van der Waals surface area contributed by atoms with Crippen LogP contribution in [0.2, 0.25) is 0 Å². The smallest absolute Gasteiger partial charge is 0.335 e. The van der Waals surface area contributed by atoms with Crippen LogP contribution in [0, 0.1) is 11.8 Å². The first-order valence-electron chi connectivity index (χ1n) is 5.17. The van der Waals surface area contributed by atoms with Gasteiger partial charge in [-0.1, -0.05) is 25.2 Å². The van der Waals surface area contributed by atoms with Crippen molar-refractivity contribution in [1.29, 1.82) is 0 Å². The van der Waals surface area contributed by atoms with E-state index in [2.05, 4.69) is 34.7 Å². The van der Waals surface area contributed by atoms with Crippen LogP contribution in [0.15, 0.2) is 22.7 Å². The summed E-state index contributed by atoms with van der Waals surface area (Å²) in [5.41, 5.74) is 0.999. The fourth-order valence-corrected chi connectivity index (χ4v) is 1.52. The van der Waals surface area contributed by atoms with Gasteiger partial charge in [0, 0.05) is 16.5 Å². The molecule has 2 nitrogen and oxygen atoms in total. The molecule has 0 heterocycles. The minimum absolute atomic E-state index is 0.267. The predicted octanol–water partition coefficient (Wildman–Crippen LogP) is 3.69. The molecule has 0 aliphatic heterocycles. The summed E-state index contributed by atoms with van der Waals surface area (Å²) in [6, 6.07) is 4.86. The monoisotopic (exact) mass is 280 g/mol. The van der Waals surface area contributed by atoms with E-state index >= 15 is 0 Å². The van der Waals surface area contributed by atoms with Gasteiger partial charge in [0.15, 0.2) is 0 Å². The maximum absolute atomic E-state index is 10.8. The Hall–Kier alpha value is -1.27. The van der Waals surface area contributed by atoms with Gasteiger partial charge in [0.05, 0.1) is 5.56 Å². The molecule has 0 unspecified atom stereocenters. The minimum Gasteiger partial charge on any atom is -0.478 e. The van der Waals surface area contributed by atoms with Crippen molar-refractivity contribution in [3.8, 4) is 11.8 Å². The van der Waals surface area contributed by atoms with E-state index in [-0.39, 0.29) is 5.56 Å². The summed E-state index contributed by atoms with van der Waals surface area (Å²) in [7, 11) is 0. The summed E-state index contributed by atoms with van der Waals surface area (Å²) in [6.07, 6.45) is 3.04. The van der Waals surface area contributed by atoms with Crippen LogP contribution in [0.1, 0.15) is 42.1 Å². The highest BCUT2D eigenvalue weighted by atomic mass is 79.9. The average Bonchev–Trinajstić information content (AvgIpc) is 2.26. The zero-order valence-corrected chi connectivity index (χ0v) is 10.7. The molecule has 3 heteroatoms. The third kappa shape index (κ3) is 3.71. The maximum Gasteiger partial charge on any atom is 0.335 e. The second-order valence-corrected chi connectivity index (χ2v) is 4.26. The van der Waals surface area contributed by atoms with Crippen molar-refractivity contribution >= 4 is 21.9 Å². The molecule has 0 aliphatic rings. The predicted molar refractivity (Wildman–Crippen MR) is 67.5 cm³/mol. The van der Waals surface area contributed by atoms with E-state index in [0.29, 0.717) is 0 Å². The number of unbranched alkanes of at least 4 members (excludes halogenated alkanes) is 2. The zero-order valence-electron chi connectivity index (χ0n) is 9.09. The number of carboxylic acids is 1. The van der Waals surface area contributed by atoms with Crippen molar-refractivity contribution in [3.05, 3.63) is 33.8 Å². The van der Waals surface area contributed by atoms with Crippen molar-refractivity contribution in [2.24, 2.45) is 0 Å². The Morgan fingerprint density at radius 2 is 2.25 bits per heavy atom. The van der Waals surface area contributed by atoms with Crippen LogP contribution in [-0.4, -0.2) is 11.1 Å². The van der Waals surface area contributed by atoms with Gasteiger partial charge in [0.25, 0.3) is 0 Å². The summed E-state index contributed by atoms with van der Waals surface area (Å²) in [4.78, 5) is 10.8. The SMILES string of the molecule is CCCCC#Cc1cc(C(=O)O)ccc1Br. The van der Waals surface area contributed by atoms with Gasteiger partial charge in [-0.15, -0.1) is 0 Å². The van der Waals surface area contributed by atoms with Crippen LogP contribution in [0.25, 0.3) is 0 Å². The highest BCUT2D eigenvalue weighted by Crippen LogP contribution is 2.17. The second kappa shape index (κ2) is 6.34. The number of carboxylic acid groups (broad SMARTS) is 1. The summed E-state index contributed by atoms with van der Waals surface area (Å²) >= 11 is 3.35. The van der Waals surface area contributed by atoms with Crippen molar-refractivity contribution < 1.29 is 9.90 Å². The van der Waals surface area contributed by atoms with Gasteiger partial charge in [0.2, 0.25) is 0 Å². The summed E-state index contributed by atoms with van der Waals surface area (Å²) in [6.45, 7) is 2.11. The first-order chi connectivity index (χ1) is 7.65. The van der Waals surface area contributed by atoms with Crippen LogP contribution in [-0.2, 0) is 0 Å². The average molecular weight is 281 g/mol. The van der Waals surface area contributed by atoms with Crippen molar-refractivity contribution in [3.63, 3.8) is 0 Å². The molecule has 0 atom stereocenters. The number of hydrogen-bond donors (Lipinski definition) is 1. The number of rotatable bonds is 3. The molecule has 1 aromatic carbocycles. The largest absolute Gasteiger partial charge is 0.478 e. The van der Waals surface area contributed by atoms with E-state index in [1.165, 1.54) is 0 Å². The minimum atomic E-state index is -0.927. The third-order valence-electron chi connectivity index (χ3n) is 2.09. The van der Waals surface area contributed by atoms with E-state index in [1.807, 2.05) is 0 Å². The summed E-state index contributed by atoms with van der Waals surface area (Å²) < 4.78 is 0.835. The van der Waals surface area contributed by atoms with Gasteiger partial charge in [-0.3, -0.25) is 0 Å². The quantitative estimate of drug-likeness (QED) is 0.677. The highest BCUT2D eigenvalue weighted by Gasteiger charge is 2.04. The Labute approximate surface area is 104 Å².